The number of nitrogens with one attached hydrogen (secondary N) is 1. The van der Waals surface area contributed by atoms with Crippen LogP contribution < -0.4 is 4.74 Å². The van der Waals surface area contributed by atoms with Crippen molar-refractivity contribution in [2.75, 3.05) is 13.1 Å². The fourth-order valence-electron chi connectivity index (χ4n) is 3.46. The molecule has 2 heterocycles. The van der Waals surface area contributed by atoms with Crippen molar-refractivity contribution < 1.29 is 9.53 Å². The largest absolute Gasteiger partial charge is 0.457 e. The molecule has 1 aromatic heterocycles. The average Bonchev–Trinajstić information content (AvgIpc) is 3.11. The molecule has 1 N–H and O–H groups in total. The minimum absolute atomic E-state index is 0.0404. The Morgan fingerprint density at radius 1 is 0.893 bits per heavy atom. The van der Waals surface area contributed by atoms with E-state index in [-0.39, 0.29) is 11.8 Å². The molecule has 1 aliphatic rings. The summed E-state index contributed by atoms with van der Waals surface area (Å²) in [5, 5.41) is 0. The van der Waals surface area contributed by atoms with Crippen molar-refractivity contribution in [1.29, 1.82) is 0 Å². The SMILES string of the molecule is O=C(c1ccc(Oc2ccccc2)cc1)N1CC(c2nc3ccccc3[nH]2)C1. The van der Waals surface area contributed by atoms with Crippen molar-refractivity contribution in [1.82, 2.24) is 14.9 Å². The number of nitrogens with zero attached hydrogens (tertiary/aromatic N) is 2. The van der Waals surface area contributed by atoms with Gasteiger partial charge in [-0.2, -0.15) is 0 Å². The van der Waals surface area contributed by atoms with E-state index in [2.05, 4.69) is 9.97 Å². The Hall–Kier alpha value is -3.60. The number of amides is 1. The predicted octanol–water partition coefficient (Wildman–Crippen LogP) is 4.59. The van der Waals surface area contributed by atoms with Crippen LogP contribution in [0.25, 0.3) is 11.0 Å². The average molecular weight is 369 g/mol. The highest BCUT2D eigenvalue weighted by Gasteiger charge is 2.34. The van der Waals surface area contributed by atoms with Gasteiger partial charge >= 0.3 is 0 Å². The molecule has 1 aliphatic heterocycles. The summed E-state index contributed by atoms with van der Waals surface area (Å²) in [5.41, 5.74) is 2.68. The lowest BCUT2D eigenvalue weighted by Gasteiger charge is -2.38. The number of imidazole rings is 1. The van der Waals surface area contributed by atoms with Gasteiger partial charge in [0.05, 0.1) is 17.0 Å². The first-order valence-electron chi connectivity index (χ1n) is 9.33. The van der Waals surface area contributed by atoms with Crippen LogP contribution in [-0.4, -0.2) is 33.9 Å². The number of fused-ring (bicyclic) bond motifs is 1. The number of benzene rings is 3. The number of para-hydroxylation sites is 3. The third-order valence-corrected chi connectivity index (χ3v) is 5.04. The van der Waals surface area contributed by atoms with Gasteiger partial charge in [-0.05, 0) is 48.5 Å². The van der Waals surface area contributed by atoms with Gasteiger partial charge in [0.2, 0.25) is 0 Å². The molecule has 0 saturated carbocycles. The highest BCUT2D eigenvalue weighted by Crippen LogP contribution is 2.29. The van der Waals surface area contributed by atoms with Gasteiger partial charge in [-0.25, -0.2) is 4.98 Å². The molecule has 0 atom stereocenters. The molecule has 5 heteroatoms. The lowest BCUT2D eigenvalue weighted by Crippen LogP contribution is -2.48. The number of carbonyl (C=O) groups excluding carboxylic acids is 1. The van der Waals surface area contributed by atoms with E-state index in [4.69, 9.17) is 4.74 Å². The minimum atomic E-state index is 0.0404. The molecule has 0 bridgehead atoms. The zero-order chi connectivity index (χ0) is 18.9. The molecular formula is C23H19N3O2. The number of carbonyl (C=O) groups is 1. The van der Waals surface area contributed by atoms with Gasteiger partial charge < -0.3 is 14.6 Å². The van der Waals surface area contributed by atoms with Crippen molar-refractivity contribution in [3.63, 3.8) is 0 Å². The van der Waals surface area contributed by atoms with Crippen LogP contribution in [0.4, 0.5) is 0 Å². The lowest BCUT2D eigenvalue weighted by molar-refractivity contribution is 0.0596. The Kier molecular flexibility index (Phi) is 4.05. The number of likely N-dealkylation sites (tertiary alicyclic amines) is 1. The maximum absolute atomic E-state index is 12.7. The molecule has 4 aromatic rings. The highest BCUT2D eigenvalue weighted by atomic mass is 16.5. The molecule has 0 spiro atoms. The number of rotatable bonds is 4. The first kappa shape index (κ1) is 16.6. The first-order valence-corrected chi connectivity index (χ1v) is 9.33. The predicted molar refractivity (Wildman–Crippen MR) is 108 cm³/mol. The molecule has 3 aromatic carbocycles. The summed E-state index contributed by atoms with van der Waals surface area (Å²) >= 11 is 0. The standard InChI is InChI=1S/C23H19N3O2/c27-23(16-10-12-19(13-11-16)28-18-6-2-1-3-7-18)26-14-17(15-26)22-24-20-8-4-5-9-21(20)25-22/h1-13,17H,14-15H2,(H,24,25). The minimum Gasteiger partial charge on any atom is -0.457 e. The van der Waals surface area contributed by atoms with E-state index in [0.29, 0.717) is 24.4 Å². The van der Waals surface area contributed by atoms with Crippen molar-refractivity contribution in [2.45, 2.75) is 5.92 Å². The third-order valence-electron chi connectivity index (χ3n) is 5.04. The summed E-state index contributed by atoms with van der Waals surface area (Å²) in [5.74, 6) is 2.75. The number of aromatic amines is 1. The molecule has 0 unspecified atom stereocenters. The number of aromatic nitrogens is 2. The summed E-state index contributed by atoms with van der Waals surface area (Å²) in [6, 6.07) is 24.9. The normalized spacial score (nSPS) is 14.1. The van der Waals surface area contributed by atoms with E-state index >= 15 is 0 Å². The van der Waals surface area contributed by atoms with Gasteiger partial charge in [-0.1, -0.05) is 30.3 Å². The molecule has 0 aliphatic carbocycles. The van der Waals surface area contributed by atoms with E-state index in [1.54, 1.807) is 0 Å². The van der Waals surface area contributed by atoms with Crippen LogP contribution in [0.5, 0.6) is 11.5 Å². The molecule has 5 nitrogen and oxygen atoms in total. The Morgan fingerprint density at radius 2 is 1.57 bits per heavy atom. The molecule has 5 rings (SSSR count). The van der Waals surface area contributed by atoms with E-state index < -0.39 is 0 Å². The van der Waals surface area contributed by atoms with E-state index in [0.717, 1.165) is 22.6 Å². The second kappa shape index (κ2) is 6.85. The van der Waals surface area contributed by atoms with Gasteiger partial charge in [-0.3, -0.25) is 4.79 Å². The fourth-order valence-corrected chi connectivity index (χ4v) is 3.46. The van der Waals surface area contributed by atoms with Crippen LogP contribution >= 0.6 is 0 Å². The zero-order valence-corrected chi connectivity index (χ0v) is 15.2. The molecule has 1 fully saturated rings. The Labute approximate surface area is 162 Å². The van der Waals surface area contributed by atoms with Gasteiger partial charge in [0.15, 0.2) is 0 Å². The van der Waals surface area contributed by atoms with Crippen LogP contribution in [-0.2, 0) is 0 Å². The number of H-pyrrole nitrogens is 1. The summed E-state index contributed by atoms with van der Waals surface area (Å²) in [6.07, 6.45) is 0. The number of ether oxygens (including phenoxy) is 1. The molecule has 1 amide bonds. The molecule has 1 saturated heterocycles. The van der Waals surface area contributed by atoms with Gasteiger partial charge in [0, 0.05) is 18.7 Å². The first-order chi connectivity index (χ1) is 13.8. The molecule has 0 radical (unpaired) electrons. The monoisotopic (exact) mass is 369 g/mol. The highest BCUT2D eigenvalue weighted by molar-refractivity contribution is 5.95. The molecular weight excluding hydrogens is 350 g/mol. The van der Waals surface area contributed by atoms with Gasteiger partial charge in [-0.15, -0.1) is 0 Å². The van der Waals surface area contributed by atoms with Crippen LogP contribution in [0.3, 0.4) is 0 Å². The maximum Gasteiger partial charge on any atom is 0.253 e. The van der Waals surface area contributed by atoms with E-state index in [1.807, 2.05) is 83.8 Å². The lowest BCUT2D eigenvalue weighted by atomic mass is 9.98. The zero-order valence-electron chi connectivity index (χ0n) is 15.2. The summed E-state index contributed by atoms with van der Waals surface area (Å²) in [7, 11) is 0. The molecule has 28 heavy (non-hydrogen) atoms. The maximum atomic E-state index is 12.7. The van der Waals surface area contributed by atoms with Gasteiger partial charge in [0.1, 0.15) is 17.3 Å². The van der Waals surface area contributed by atoms with Crippen LogP contribution in [0.2, 0.25) is 0 Å². The number of hydrogen-bond donors (Lipinski definition) is 1. The summed E-state index contributed by atoms with van der Waals surface area (Å²) < 4.78 is 5.78. The second-order valence-electron chi connectivity index (χ2n) is 6.99. The van der Waals surface area contributed by atoms with Crippen LogP contribution in [0.1, 0.15) is 22.1 Å². The van der Waals surface area contributed by atoms with Crippen molar-refractivity contribution in [3.05, 3.63) is 90.3 Å². The quantitative estimate of drug-likeness (QED) is 0.572. The second-order valence-corrected chi connectivity index (χ2v) is 6.99. The number of hydrogen-bond acceptors (Lipinski definition) is 3. The smallest absolute Gasteiger partial charge is 0.253 e. The Morgan fingerprint density at radius 3 is 2.32 bits per heavy atom. The van der Waals surface area contributed by atoms with E-state index in [1.165, 1.54) is 0 Å². The van der Waals surface area contributed by atoms with E-state index in [9.17, 15) is 4.79 Å². The summed E-state index contributed by atoms with van der Waals surface area (Å²) in [6.45, 7) is 1.36. The Balaban J connectivity index is 1.22. The fraction of sp³-hybridized carbons (Fsp3) is 0.130. The van der Waals surface area contributed by atoms with Crippen LogP contribution in [0.15, 0.2) is 78.9 Å². The van der Waals surface area contributed by atoms with Crippen molar-refractivity contribution in [3.8, 4) is 11.5 Å². The third kappa shape index (κ3) is 3.11. The topological polar surface area (TPSA) is 58.2 Å². The van der Waals surface area contributed by atoms with Crippen LogP contribution in [0, 0.1) is 0 Å². The Bertz CT molecular complexity index is 1080. The molecule has 138 valence electrons. The summed E-state index contributed by atoms with van der Waals surface area (Å²) in [4.78, 5) is 22.6. The van der Waals surface area contributed by atoms with Crippen molar-refractivity contribution in [2.24, 2.45) is 0 Å². The van der Waals surface area contributed by atoms with Gasteiger partial charge in [0.25, 0.3) is 5.91 Å². The van der Waals surface area contributed by atoms with Crippen molar-refractivity contribution >= 4 is 16.9 Å².